The van der Waals surface area contributed by atoms with Crippen LogP contribution in [0.1, 0.15) is 57.8 Å². The lowest BCUT2D eigenvalue weighted by molar-refractivity contribution is -0.0145. The molecule has 0 bridgehead atoms. The van der Waals surface area contributed by atoms with Gasteiger partial charge in [0.1, 0.15) is 0 Å². The Kier molecular flexibility index (Phi) is 9.06. The third-order valence-electron chi connectivity index (χ3n) is 5.72. The van der Waals surface area contributed by atoms with Crippen molar-refractivity contribution in [3.63, 3.8) is 0 Å². The fourth-order valence-electron chi connectivity index (χ4n) is 4.04. The fraction of sp³-hybridized carbons (Fsp3) is 1.00. The van der Waals surface area contributed by atoms with Crippen molar-refractivity contribution in [2.75, 3.05) is 13.2 Å². The van der Waals surface area contributed by atoms with E-state index in [0.29, 0.717) is 6.42 Å². The highest BCUT2D eigenvalue weighted by Crippen LogP contribution is 2.20. The van der Waals surface area contributed by atoms with Crippen LogP contribution in [0.3, 0.4) is 0 Å². The Balaban J connectivity index is 1.53. The molecule has 0 radical (unpaired) electrons. The van der Waals surface area contributed by atoms with Gasteiger partial charge in [0.2, 0.25) is 0 Å². The Morgan fingerprint density at radius 3 is 2.28 bits per heavy atom. The minimum absolute atomic E-state index is 0.0181. The predicted octanol–water partition coefficient (Wildman–Crippen LogP) is -0.755. The first-order valence-corrected chi connectivity index (χ1v) is 9.87. The quantitative estimate of drug-likeness (QED) is 0.256. The van der Waals surface area contributed by atoms with Crippen molar-refractivity contribution in [2.24, 2.45) is 0 Å². The maximum Gasteiger partial charge on any atom is 0.0989 e. The minimum Gasteiger partial charge on any atom is -0.395 e. The van der Waals surface area contributed by atoms with E-state index >= 15 is 0 Å². The highest BCUT2D eigenvalue weighted by atomic mass is 16.3. The second-order valence-electron chi connectivity index (χ2n) is 7.65. The third-order valence-corrected chi connectivity index (χ3v) is 5.72. The topological polar surface area (TPSA) is 125 Å². The molecule has 0 aromatic heterocycles. The van der Waals surface area contributed by atoms with Gasteiger partial charge in [0, 0.05) is 12.1 Å². The molecule has 0 unspecified atom stereocenters. The maximum atomic E-state index is 10.2. The molecule has 0 aliphatic carbocycles. The van der Waals surface area contributed by atoms with Crippen LogP contribution in [0, 0.1) is 0 Å². The number of hydrogen-bond acceptors (Lipinski definition) is 7. The van der Waals surface area contributed by atoms with Crippen LogP contribution in [0.4, 0.5) is 0 Å². The molecule has 0 aromatic rings. The van der Waals surface area contributed by atoms with Gasteiger partial charge in [-0.3, -0.25) is 0 Å². The summed E-state index contributed by atoms with van der Waals surface area (Å²) >= 11 is 0. The first-order valence-electron chi connectivity index (χ1n) is 9.87. The average Bonchev–Trinajstić information content (AvgIpc) is 2.92. The molecule has 0 spiro atoms. The molecule has 0 amide bonds. The molecule has 0 saturated carbocycles. The molecule has 2 heterocycles. The summed E-state index contributed by atoms with van der Waals surface area (Å²) in [6.07, 6.45) is 5.19. The predicted molar refractivity (Wildman–Crippen MR) is 95.2 cm³/mol. The fourth-order valence-corrected chi connectivity index (χ4v) is 4.04. The molecule has 2 aliphatic heterocycles. The van der Waals surface area contributed by atoms with Gasteiger partial charge < -0.3 is 36.2 Å². The molecule has 2 saturated heterocycles. The second kappa shape index (κ2) is 10.8. The van der Waals surface area contributed by atoms with Crippen molar-refractivity contribution in [1.82, 2.24) is 10.6 Å². The summed E-state index contributed by atoms with van der Waals surface area (Å²) in [6, 6.07) is -0.591. The summed E-state index contributed by atoms with van der Waals surface area (Å²) in [7, 11) is 0. The third kappa shape index (κ3) is 6.13. The Bertz CT molecular complexity index is 367. The van der Waals surface area contributed by atoms with Crippen LogP contribution in [-0.2, 0) is 0 Å². The Hall–Kier alpha value is -0.280. The van der Waals surface area contributed by atoms with E-state index in [1.54, 1.807) is 0 Å². The number of hydrogen-bond donors (Lipinski definition) is 7. The van der Waals surface area contributed by atoms with Crippen molar-refractivity contribution in [3.05, 3.63) is 0 Å². The summed E-state index contributed by atoms with van der Waals surface area (Å²) in [5, 5.41) is 55.5. The molecular formula is C18H36N2O5. The molecule has 7 N–H and O–H groups in total. The van der Waals surface area contributed by atoms with Crippen molar-refractivity contribution < 1.29 is 25.5 Å². The van der Waals surface area contributed by atoms with Crippen LogP contribution < -0.4 is 10.6 Å². The van der Waals surface area contributed by atoms with Gasteiger partial charge in [0.15, 0.2) is 0 Å². The Morgan fingerprint density at radius 2 is 1.64 bits per heavy atom. The number of piperidine rings is 1. The highest BCUT2D eigenvalue weighted by Gasteiger charge is 2.39. The lowest BCUT2D eigenvalue weighted by atomic mass is 9.94. The lowest BCUT2D eigenvalue weighted by Gasteiger charge is -2.30. The molecule has 7 heteroatoms. The van der Waals surface area contributed by atoms with Crippen LogP contribution in [0.15, 0.2) is 0 Å². The van der Waals surface area contributed by atoms with Crippen LogP contribution in [0.5, 0.6) is 0 Å². The maximum absolute atomic E-state index is 10.2. The summed E-state index contributed by atoms with van der Waals surface area (Å²) in [5.41, 5.74) is 0. The van der Waals surface area contributed by atoms with Crippen molar-refractivity contribution in [1.29, 1.82) is 0 Å². The smallest absolute Gasteiger partial charge is 0.0989 e. The highest BCUT2D eigenvalue weighted by molar-refractivity contribution is 4.97. The summed E-state index contributed by atoms with van der Waals surface area (Å²) in [6.45, 7) is 0.742. The van der Waals surface area contributed by atoms with Gasteiger partial charge in [-0.05, 0) is 32.2 Å². The summed E-state index contributed by atoms with van der Waals surface area (Å²) in [4.78, 5) is 0. The van der Waals surface area contributed by atoms with Crippen LogP contribution in [0.25, 0.3) is 0 Å². The Morgan fingerprint density at radius 1 is 0.920 bits per heavy atom. The number of aliphatic hydroxyl groups excluding tert-OH is 5. The molecule has 7 nitrogen and oxygen atoms in total. The van der Waals surface area contributed by atoms with E-state index in [4.69, 9.17) is 5.11 Å². The molecule has 7 atom stereocenters. The standard InChI is InChI=1S/C18H36N2O5/c21-11-14-18(25)17(24)13(20-14)8-3-1-2-4-9-15(22)16(23)12-7-5-6-10-19-12/h12-25H,1-11H2/t12-,13+,14-,15-,16-,17+,18+/m0/s1. The van der Waals surface area contributed by atoms with Gasteiger partial charge in [-0.2, -0.15) is 0 Å². The monoisotopic (exact) mass is 360 g/mol. The molecule has 2 fully saturated rings. The zero-order valence-electron chi connectivity index (χ0n) is 15.1. The van der Waals surface area contributed by atoms with Gasteiger partial charge in [-0.1, -0.05) is 32.1 Å². The normalized spacial score (nSPS) is 35.6. The van der Waals surface area contributed by atoms with E-state index in [-0.39, 0.29) is 18.7 Å². The summed E-state index contributed by atoms with van der Waals surface area (Å²) < 4.78 is 0. The number of nitrogens with one attached hydrogen (secondary N) is 2. The van der Waals surface area contributed by atoms with Gasteiger partial charge in [0.25, 0.3) is 0 Å². The van der Waals surface area contributed by atoms with E-state index in [9.17, 15) is 20.4 Å². The molecule has 0 aromatic carbocycles. The largest absolute Gasteiger partial charge is 0.395 e. The molecule has 2 rings (SSSR count). The first-order chi connectivity index (χ1) is 12.0. The molecule has 2 aliphatic rings. The molecule has 148 valence electrons. The zero-order chi connectivity index (χ0) is 18.2. The van der Waals surface area contributed by atoms with E-state index < -0.39 is 30.5 Å². The molecular weight excluding hydrogens is 324 g/mol. The van der Waals surface area contributed by atoms with Crippen molar-refractivity contribution in [3.8, 4) is 0 Å². The van der Waals surface area contributed by atoms with Crippen LogP contribution >= 0.6 is 0 Å². The number of unbranched alkanes of at least 4 members (excludes halogenated alkanes) is 3. The SMILES string of the molecule is OC[C@@H]1N[C@H](CCCCCC[C@H](O)[C@@H](O)[C@@H]2CCCCN2)[C@@H](O)[C@@H]1O. The van der Waals surface area contributed by atoms with Gasteiger partial charge >= 0.3 is 0 Å². The summed E-state index contributed by atoms with van der Waals surface area (Å²) in [5.74, 6) is 0. The number of rotatable bonds is 10. The van der Waals surface area contributed by atoms with E-state index in [2.05, 4.69) is 10.6 Å². The van der Waals surface area contributed by atoms with E-state index in [0.717, 1.165) is 57.9 Å². The number of aliphatic hydroxyl groups is 5. The molecule has 25 heavy (non-hydrogen) atoms. The minimum atomic E-state index is -0.903. The van der Waals surface area contributed by atoms with E-state index in [1.807, 2.05) is 0 Å². The van der Waals surface area contributed by atoms with E-state index in [1.165, 1.54) is 0 Å². The van der Waals surface area contributed by atoms with Crippen LogP contribution in [-0.4, -0.2) is 81.2 Å². The zero-order valence-corrected chi connectivity index (χ0v) is 15.1. The first kappa shape index (κ1) is 21.0. The van der Waals surface area contributed by atoms with Crippen molar-refractivity contribution >= 4 is 0 Å². The van der Waals surface area contributed by atoms with Gasteiger partial charge in [-0.25, -0.2) is 0 Å². The Labute approximate surface area is 150 Å². The van der Waals surface area contributed by atoms with Gasteiger partial charge in [-0.15, -0.1) is 0 Å². The lowest BCUT2D eigenvalue weighted by Crippen LogP contribution is -2.48. The van der Waals surface area contributed by atoms with Gasteiger partial charge in [0.05, 0.1) is 37.1 Å². The second-order valence-corrected chi connectivity index (χ2v) is 7.65. The van der Waals surface area contributed by atoms with Crippen molar-refractivity contribution in [2.45, 2.75) is 100 Å². The average molecular weight is 360 g/mol. The van der Waals surface area contributed by atoms with Crippen LogP contribution in [0.2, 0.25) is 0 Å².